The molecule has 2 aromatic heterocycles. The largest absolute Gasteiger partial charge is 0.478 e. The summed E-state index contributed by atoms with van der Waals surface area (Å²) in [6.07, 6.45) is -1.49. The van der Waals surface area contributed by atoms with Gasteiger partial charge in [0.05, 0.1) is 33.8 Å². The van der Waals surface area contributed by atoms with Crippen molar-refractivity contribution in [1.82, 2.24) is 9.97 Å². The molecule has 0 atom stereocenters. The smallest absolute Gasteiger partial charge is 0.417 e. The lowest BCUT2D eigenvalue weighted by molar-refractivity contribution is -0.137. The molecule has 0 bridgehead atoms. The van der Waals surface area contributed by atoms with Crippen molar-refractivity contribution < 1.29 is 35.9 Å². The van der Waals surface area contributed by atoms with E-state index >= 15 is 0 Å². The molecule has 4 rings (SSSR count). The summed E-state index contributed by atoms with van der Waals surface area (Å²) in [4.78, 5) is 18.4. The number of anilines is 1. The van der Waals surface area contributed by atoms with Gasteiger partial charge >= 0.3 is 12.1 Å². The Morgan fingerprint density at radius 3 is 2.25 bits per heavy atom. The number of pyridine rings is 1. The van der Waals surface area contributed by atoms with Gasteiger partial charge in [-0.2, -0.15) is 13.2 Å². The molecular weight excluding hydrogens is 523 g/mol. The van der Waals surface area contributed by atoms with Gasteiger partial charge in [0.2, 0.25) is 0 Å². The minimum Gasteiger partial charge on any atom is -0.478 e. The van der Waals surface area contributed by atoms with Crippen molar-refractivity contribution in [3.63, 3.8) is 0 Å². The number of sulfonamides is 1. The first-order chi connectivity index (χ1) is 17.0. The molecule has 2 heterocycles. The maximum atomic E-state index is 13.5. The minimum absolute atomic E-state index is 0.144. The molecule has 0 saturated carbocycles. The number of hydrogen-bond donors (Lipinski definition) is 1. The van der Waals surface area contributed by atoms with Crippen LogP contribution in [0.15, 0.2) is 82.7 Å². The number of nitrogens with zero attached hydrogens (tertiary/aromatic N) is 3. The van der Waals surface area contributed by atoms with E-state index in [1.165, 1.54) is 12.6 Å². The fraction of sp³-hybridized carbons (Fsp3) is 0.0870. The maximum absolute atomic E-state index is 13.5. The maximum Gasteiger partial charge on any atom is 0.417 e. The van der Waals surface area contributed by atoms with E-state index in [9.17, 15) is 26.4 Å². The van der Waals surface area contributed by atoms with Gasteiger partial charge in [0, 0.05) is 11.8 Å². The van der Waals surface area contributed by atoms with E-state index in [0.29, 0.717) is 29.2 Å². The molecular formula is C23H15ClF3N3O5S. The number of hydrogen-bond acceptors (Lipinski definition) is 6. The summed E-state index contributed by atoms with van der Waals surface area (Å²) in [6.45, 7) is -0.336. The van der Waals surface area contributed by atoms with Gasteiger partial charge in [-0.15, -0.1) is 0 Å². The van der Waals surface area contributed by atoms with Gasteiger partial charge in [-0.25, -0.2) is 27.5 Å². The summed E-state index contributed by atoms with van der Waals surface area (Å²) in [5, 5.41) is 8.56. The van der Waals surface area contributed by atoms with Crippen LogP contribution in [0.2, 0.25) is 5.02 Å². The quantitative estimate of drug-likeness (QED) is 0.331. The highest BCUT2D eigenvalue weighted by Gasteiger charge is 2.34. The number of aromatic nitrogens is 2. The Kier molecular flexibility index (Phi) is 6.74. The van der Waals surface area contributed by atoms with Gasteiger partial charge in [0.1, 0.15) is 0 Å². The number of aromatic carboxylic acids is 1. The van der Waals surface area contributed by atoms with Crippen LogP contribution in [0, 0.1) is 0 Å². The third-order valence-corrected chi connectivity index (χ3v) is 7.10. The second-order valence-electron chi connectivity index (χ2n) is 7.43. The topological polar surface area (TPSA) is 114 Å². The first-order valence-corrected chi connectivity index (χ1v) is 11.9. The van der Waals surface area contributed by atoms with Crippen molar-refractivity contribution >= 4 is 33.4 Å². The average Bonchev–Trinajstić information content (AvgIpc) is 3.37. The molecule has 0 fully saturated rings. The van der Waals surface area contributed by atoms with Crippen LogP contribution in [0.1, 0.15) is 21.5 Å². The molecule has 0 aliphatic rings. The first kappa shape index (κ1) is 25.2. The van der Waals surface area contributed by atoms with Crippen LogP contribution in [0.5, 0.6) is 0 Å². The lowest BCUT2D eigenvalue weighted by Crippen LogP contribution is -2.32. The third-order valence-electron chi connectivity index (χ3n) is 5.07. The average molecular weight is 538 g/mol. The van der Waals surface area contributed by atoms with Gasteiger partial charge in [0.25, 0.3) is 10.0 Å². The Hall–Kier alpha value is -3.90. The van der Waals surface area contributed by atoms with Crippen molar-refractivity contribution in [3.05, 3.63) is 95.1 Å². The highest BCUT2D eigenvalue weighted by atomic mass is 35.5. The second kappa shape index (κ2) is 9.63. The van der Waals surface area contributed by atoms with Crippen molar-refractivity contribution in [2.45, 2.75) is 17.6 Å². The summed E-state index contributed by atoms with van der Waals surface area (Å²) in [5.41, 5.74) is -0.160. The van der Waals surface area contributed by atoms with E-state index < -0.39 is 38.6 Å². The van der Waals surface area contributed by atoms with E-state index in [2.05, 4.69) is 9.97 Å². The van der Waals surface area contributed by atoms with E-state index in [1.54, 1.807) is 24.3 Å². The number of oxazole rings is 1. The molecule has 4 aromatic rings. The van der Waals surface area contributed by atoms with Gasteiger partial charge in [-0.05, 0) is 35.9 Å². The fourth-order valence-corrected chi connectivity index (χ4v) is 4.98. The minimum atomic E-state index is -4.73. The van der Waals surface area contributed by atoms with E-state index in [-0.39, 0.29) is 17.0 Å². The zero-order valence-corrected chi connectivity index (χ0v) is 19.5. The molecule has 0 aliphatic carbocycles. The molecule has 1 N–H and O–H groups in total. The molecule has 0 amide bonds. The SMILES string of the molecule is O=C(O)c1ccc(S(=O)(=O)N(Cc2ccc(-c3cnco3)cc2)c2ncc(C(F)(F)F)cc2Cl)cc1. The Balaban J connectivity index is 1.76. The monoisotopic (exact) mass is 537 g/mol. The summed E-state index contributed by atoms with van der Waals surface area (Å²) < 4.78 is 72.4. The van der Waals surface area contributed by atoms with E-state index in [1.807, 2.05) is 0 Å². The molecule has 186 valence electrons. The zero-order valence-electron chi connectivity index (χ0n) is 18.0. The number of carbonyl (C=O) groups is 1. The second-order valence-corrected chi connectivity index (χ2v) is 9.70. The number of carboxylic acids is 1. The first-order valence-electron chi connectivity index (χ1n) is 10.0. The van der Waals surface area contributed by atoms with E-state index in [0.717, 1.165) is 28.6 Å². The predicted octanol–water partition coefficient (Wildman–Crippen LogP) is 5.50. The molecule has 0 saturated heterocycles. The van der Waals surface area contributed by atoms with Gasteiger partial charge in [-0.3, -0.25) is 0 Å². The lowest BCUT2D eigenvalue weighted by Gasteiger charge is -2.25. The molecule has 0 radical (unpaired) electrons. The molecule has 13 heteroatoms. The molecule has 8 nitrogen and oxygen atoms in total. The number of carboxylic acid groups (broad SMARTS) is 1. The van der Waals surface area contributed by atoms with Gasteiger partial charge in [-0.1, -0.05) is 35.9 Å². The summed E-state index contributed by atoms with van der Waals surface area (Å²) in [6, 6.07) is 11.5. The highest BCUT2D eigenvalue weighted by molar-refractivity contribution is 7.92. The van der Waals surface area contributed by atoms with Crippen LogP contribution in [0.3, 0.4) is 0 Å². The van der Waals surface area contributed by atoms with Crippen LogP contribution in [-0.2, 0) is 22.7 Å². The van der Waals surface area contributed by atoms with Crippen molar-refractivity contribution in [3.8, 4) is 11.3 Å². The number of alkyl halides is 3. The van der Waals surface area contributed by atoms with Crippen LogP contribution < -0.4 is 4.31 Å². The molecule has 36 heavy (non-hydrogen) atoms. The van der Waals surface area contributed by atoms with Crippen LogP contribution in [0.25, 0.3) is 11.3 Å². The normalized spacial score (nSPS) is 11.9. The van der Waals surface area contributed by atoms with Gasteiger partial charge in [0.15, 0.2) is 18.0 Å². The fourth-order valence-electron chi connectivity index (χ4n) is 3.24. The Morgan fingerprint density at radius 1 is 1.06 bits per heavy atom. The van der Waals surface area contributed by atoms with Crippen LogP contribution >= 0.6 is 11.6 Å². The summed E-state index contributed by atoms with van der Waals surface area (Å²) in [5.74, 6) is -1.20. The van der Waals surface area contributed by atoms with Gasteiger partial charge < -0.3 is 9.52 Å². The highest BCUT2D eigenvalue weighted by Crippen LogP contribution is 2.36. The van der Waals surface area contributed by atoms with Crippen molar-refractivity contribution in [2.24, 2.45) is 0 Å². The molecule has 0 spiro atoms. The molecule has 2 aromatic carbocycles. The summed E-state index contributed by atoms with van der Waals surface area (Å²) in [7, 11) is -4.44. The number of benzene rings is 2. The number of halogens is 4. The molecule has 0 unspecified atom stereocenters. The van der Waals surface area contributed by atoms with Crippen molar-refractivity contribution in [1.29, 1.82) is 0 Å². The molecule has 0 aliphatic heterocycles. The zero-order chi connectivity index (χ0) is 26.1. The standard InChI is InChI=1S/C23H15ClF3N3O5S/c24-19-9-17(23(25,26)27)10-29-21(19)30(36(33,34)18-7-5-16(6-8-18)22(31)32)12-14-1-3-15(4-2-14)20-11-28-13-35-20/h1-11,13H,12H2,(H,31,32). The lowest BCUT2D eigenvalue weighted by atomic mass is 10.1. The predicted molar refractivity (Wildman–Crippen MR) is 123 cm³/mol. The third kappa shape index (κ3) is 5.19. The van der Waals surface area contributed by atoms with E-state index in [4.69, 9.17) is 21.1 Å². The van der Waals surface area contributed by atoms with Crippen molar-refractivity contribution in [2.75, 3.05) is 4.31 Å². The Bertz CT molecular complexity index is 1490. The summed E-state index contributed by atoms with van der Waals surface area (Å²) >= 11 is 6.08. The van der Waals surface area contributed by atoms with Crippen LogP contribution in [-0.4, -0.2) is 29.5 Å². The Labute approximate surface area is 207 Å². The number of rotatable bonds is 7. The van der Waals surface area contributed by atoms with Crippen LogP contribution in [0.4, 0.5) is 19.0 Å². The Morgan fingerprint density at radius 2 is 1.72 bits per heavy atom.